The number of hydrogen-bond acceptors (Lipinski definition) is 3. The monoisotopic (exact) mass is 316 g/mol. The van der Waals surface area contributed by atoms with Crippen LogP contribution < -0.4 is 10.9 Å². The number of nitrogens with one attached hydrogen (secondary N) is 2. The van der Waals surface area contributed by atoms with Crippen molar-refractivity contribution >= 4 is 5.91 Å². The van der Waals surface area contributed by atoms with E-state index in [4.69, 9.17) is 0 Å². The van der Waals surface area contributed by atoms with Crippen LogP contribution in [0.1, 0.15) is 53.6 Å². The van der Waals surface area contributed by atoms with E-state index in [1.54, 1.807) is 26.1 Å². The largest absolute Gasteiger partial charge is 0.352 e. The molecule has 2 N–H and O–H groups in total. The summed E-state index contributed by atoms with van der Waals surface area (Å²) in [4.78, 5) is 31.1. The Bertz CT molecular complexity index is 743. The SMILES string of the molecule is Cc1cc(C)c(C(=O)NCCCn2ccnc2C(C)C)c(=O)[nH]1. The summed E-state index contributed by atoms with van der Waals surface area (Å²) in [6.07, 6.45) is 4.53. The van der Waals surface area contributed by atoms with Crippen molar-refractivity contribution in [2.24, 2.45) is 0 Å². The second kappa shape index (κ2) is 7.26. The van der Waals surface area contributed by atoms with Gasteiger partial charge in [0, 0.05) is 37.1 Å². The number of rotatable bonds is 6. The predicted octanol–water partition coefficient (Wildman–Crippen LogP) is 2.13. The molecule has 1 amide bonds. The number of carbonyl (C=O) groups excluding carboxylic acids is 1. The summed E-state index contributed by atoms with van der Waals surface area (Å²) < 4.78 is 2.10. The molecule has 0 aromatic carbocycles. The molecule has 0 spiro atoms. The van der Waals surface area contributed by atoms with E-state index in [2.05, 4.69) is 33.7 Å². The van der Waals surface area contributed by atoms with Crippen LogP contribution >= 0.6 is 0 Å². The molecule has 124 valence electrons. The van der Waals surface area contributed by atoms with Gasteiger partial charge in [0.25, 0.3) is 11.5 Å². The van der Waals surface area contributed by atoms with E-state index in [0.29, 0.717) is 18.0 Å². The van der Waals surface area contributed by atoms with Gasteiger partial charge in [-0.05, 0) is 31.9 Å². The summed E-state index contributed by atoms with van der Waals surface area (Å²) in [7, 11) is 0. The highest BCUT2D eigenvalue weighted by atomic mass is 16.2. The fraction of sp³-hybridized carbons (Fsp3) is 0.471. The number of H-pyrrole nitrogens is 1. The van der Waals surface area contributed by atoms with Gasteiger partial charge in [-0.25, -0.2) is 4.98 Å². The molecule has 6 heteroatoms. The minimum atomic E-state index is -0.336. The van der Waals surface area contributed by atoms with E-state index in [-0.39, 0.29) is 17.0 Å². The molecule has 0 aliphatic heterocycles. The third-order valence-electron chi connectivity index (χ3n) is 3.72. The second-order valence-corrected chi connectivity index (χ2v) is 6.08. The minimum absolute atomic E-state index is 0.195. The summed E-state index contributed by atoms with van der Waals surface area (Å²) in [5.41, 5.74) is 1.31. The second-order valence-electron chi connectivity index (χ2n) is 6.08. The molecule has 0 fully saturated rings. The fourth-order valence-corrected chi connectivity index (χ4v) is 2.69. The summed E-state index contributed by atoms with van der Waals surface area (Å²) in [5, 5.41) is 2.82. The zero-order valence-corrected chi connectivity index (χ0v) is 14.1. The Morgan fingerprint density at radius 2 is 2.13 bits per heavy atom. The number of pyridine rings is 1. The smallest absolute Gasteiger partial charge is 0.261 e. The lowest BCUT2D eigenvalue weighted by atomic mass is 10.1. The molecule has 0 atom stereocenters. The van der Waals surface area contributed by atoms with Gasteiger partial charge in [0.2, 0.25) is 0 Å². The molecule has 2 aromatic rings. The Morgan fingerprint density at radius 3 is 2.78 bits per heavy atom. The van der Waals surface area contributed by atoms with Gasteiger partial charge in [-0.3, -0.25) is 9.59 Å². The van der Waals surface area contributed by atoms with Crippen LogP contribution in [-0.2, 0) is 6.54 Å². The van der Waals surface area contributed by atoms with Crippen LogP contribution in [0.25, 0.3) is 0 Å². The van der Waals surface area contributed by atoms with E-state index in [9.17, 15) is 9.59 Å². The maximum absolute atomic E-state index is 12.2. The third kappa shape index (κ3) is 4.09. The Balaban J connectivity index is 1.91. The summed E-state index contributed by atoms with van der Waals surface area (Å²) in [5.74, 6) is 1.09. The van der Waals surface area contributed by atoms with Crippen LogP contribution in [0.4, 0.5) is 0 Å². The number of hydrogen-bond donors (Lipinski definition) is 2. The molecule has 23 heavy (non-hydrogen) atoms. The molecule has 2 heterocycles. The Kier molecular flexibility index (Phi) is 5.36. The van der Waals surface area contributed by atoms with Gasteiger partial charge in [0.05, 0.1) is 0 Å². The molecular formula is C17H24N4O2. The molecule has 0 radical (unpaired) electrons. The van der Waals surface area contributed by atoms with Crippen LogP contribution in [0, 0.1) is 13.8 Å². The number of nitrogens with zero attached hydrogens (tertiary/aromatic N) is 2. The van der Waals surface area contributed by atoms with E-state index in [0.717, 1.165) is 24.5 Å². The molecule has 2 rings (SSSR count). The van der Waals surface area contributed by atoms with Crippen LogP contribution in [0.5, 0.6) is 0 Å². The van der Waals surface area contributed by atoms with Gasteiger partial charge in [-0.15, -0.1) is 0 Å². The topological polar surface area (TPSA) is 79.8 Å². The van der Waals surface area contributed by atoms with E-state index < -0.39 is 0 Å². The van der Waals surface area contributed by atoms with Gasteiger partial charge < -0.3 is 14.9 Å². The van der Waals surface area contributed by atoms with Crippen LogP contribution in [-0.4, -0.2) is 27.0 Å². The maximum atomic E-state index is 12.2. The fourth-order valence-electron chi connectivity index (χ4n) is 2.69. The van der Waals surface area contributed by atoms with Crippen molar-refractivity contribution in [3.05, 3.63) is 51.5 Å². The molecule has 0 aliphatic rings. The highest BCUT2D eigenvalue weighted by molar-refractivity contribution is 5.95. The molecule has 0 aliphatic carbocycles. The lowest BCUT2D eigenvalue weighted by molar-refractivity contribution is 0.0950. The summed E-state index contributed by atoms with van der Waals surface area (Å²) >= 11 is 0. The first-order valence-corrected chi connectivity index (χ1v) is 7.90. The zero-order chi connectivity index (χ0) is 17.0. The van der Waals surface area contributed by atoms with Crippen molar-refractivity contribution < 1.29 is 4.79 Å². The van der Waals surface area contributed by atoms with Gasteiger partial charge in [0.15, 0.2) is 0 Å². The number of imidazole rings is 1. The molecule has 0 bridgehead atoms. The molecule has 6 nitrogen and oxygen atoms in total. The van der Waals surface area contributed by atoms with Crippen molar-refractivity contribution in [2.75, 3.05) is 6.54 Å². The van der Waals surface area contributed by atoms with E-state index in [1.165, 1.54) is 0 Å². The summed E-state index contributed by atoms with van der Waals surface area (Å²) in [6, 6.07) is 1.80. The first kappa shape index (κ1) is 17.0. The Hall–Kier alpha value is -2.37. The number of aryl methyl sites for hydroxylation is 3. The normalized spacial score (nSPS) is 11.0. The molecule has 0 saturated heterocycles. The lowest BCUT2D eigenvalue weighted by Gasteiger charge is -2.11. The van der Waals surface area contributed by atoms with Crippen molar-refractivity contribution in [3.8, 4) is 0 Å². The van der Waals surface area contributed by atoms with Gasteiger partial charge in [-0.2, -0.15) is 0 Å². The quantitative estimate of drug-likeness (QED) is 0.801. The van der Waals surface area contributed by atoms with E-state index >= 15 is 0 Å². The average molecular weight is 316 g/mol. The number of aromatic amines is 1. The van der Waals surface area contributed by atoms with Gasteiger partial charge >= 0.3 is 0 Å². The predicted molar refractivity (Wildman–Crippen MR) is 89.8 cm³/mol. The summed E-state index contributed by atoms with van der Waals surface area (Å²) in [6.45, 7) is 9.09. The minimum Gasteiger partial charge on any atom is -0.352 e. The Morgan fingerprint density at radius 1 is 1.39 bits per heavy atom. The zero-order valence-electron chi connectivity index (χ0n) is 14.1. The Labute approximate surface area is 136 Å². The van der Waals surface area contributed by atoms with Crippen LogP contribution in [0.15, 0.2) is 23.3 Å². The first-order valence-electron chi connectivity index (χ1n) is 7.90. The average Bonchev–Trinajstić information content (AvgIpc) is 2.91. The number of amides is 1. The van der Waals surface area contributed by atoms with E-state index in [1.807, 2.05) is 6.20 Å². The molecule has 0 unspecified atom stereocenters. The van der Waals surface area contributed by atoms with Crippen LogP contribution in [0.3, 0.4) is 0 Å². The van der Waals surface area contributed by atoms with Crippen molar-refractivity contribution in [3.63, 3.8) is 0 Å². The molecule has 0 saturated carbocycles. The van der Waals surface area contributed by atoms with Crippen LogP contribution in [0.2, 0.25) is 0 Å². The maximum Gasteiger partial charge on any atom is 0.261 e. The van der Waals surface area contributed by atoms with Crippen molar-refractivity contribution in [1.82, 2.24) is 19.9 Å². The lowest BCUT2D eigenvalue weighted by Crippen LogP contribution is -2.32. The van der Waals surface area contributed by atoms with Gasteiger partial charge in [-0.1, -0.05) is 13.8 Å². The number of aromatic nitrogens is 3. The highest BCUT2D eigenvalue weighted by Crippen LogP contribution is 2.11. The van der Waals surface area contributed by atoms with Gasteiger partial charge in [0.1, 0.15) is 11.4 Å². The third-order valence-corrected chi connectivity index (χ3v) is 3.72. The molecule has 2 aromatic heterocycles. The standard InChI is InChI=1S/C17H24N4O2/c1-11(2)15-18-7-9-21(15)8-5-6-19-16(22)14-12(3)10-13(4)20-17(14)23/h7,9-11H,5-6,8H2,1-4H3,(H,19,22)(H,20,23). The van der Waals surface area contributed by atoms with Crippen molar-refractivity contribution in [2.45, 2.75) is 46.6 Å². The van der Waals surface area contributed by atoms with Crippen molar-refractivity contribution in [1.29, 1.82) is 0 Å². The molecular weight excluding hydrogens is 292 g/mol. The highest BCUT2D eigenvalue weighted by Gasteiger charge is 2.14. The number of carbonyl (C=O) groups is 1. The first-order chi connectivity index (χ1) is 10.9.